The number of carbonyl (C=O) groups is 1. The van der Waals surface area contributed by atoms with E-state index in [4.69, 9.17) is 14.2 Å². The lowest BCUT2D eigenvalue weighted by atomic mass is 10.2. The fraction of sp³-hybridized carbons (Fsp3) is 0.357. The molecule has 0 aliphatic rings. The number of benzene rings is 1. The second-order valence-corrected chi connectivity index (χ2v) is 4.12. The van der Waals surface area contributed by atoms with Crippen LogP contribution in [0.3, 0.4) is 0 Å². The molecule has 1 aromatic carbocycles. The fourth-order valence-electron chi connectivity index (χ4n) is 1.59. The van der Waals surface area contributed by atoms with Crippen LogP contribution in [0.1, 0.15) is 13.8 Å². The summed E-state index contributed by atoms with van der Waals surface area (Å²) in [6.45, 7) is 3.71. The van der Waals surface area contributed by atoms with Gasteiger partial charge >= 0.3 is 0 Å². The van der Waals surface area contributed by atoms with Gasteiger partial charge in [-0.05, 0) is 13.8 Å². The number of allylic oxidation sites excluding steroid dienone is 1. The van der Waals surface area contributed by atoms with Crippen molar-refractivity contribution in [1.29, 1.82) is 0 Å². The lowest BCUT2D eigenvalue weighted by Gasteiger charge is -2.14. The molecule has 0 atom stereocenters. The van der Waals surface area contributed by atoms with E-state index in [2.05, 4.69) is 5.32 Å². The smallest absolute Gasteiger partial charge is 0.248 e. The number of hydrogen-bond acceptors (Lipinski definition) is 4. The predicted molar refractivity (Wildman–Crippen MR) is 74.2 cm³/mol. The van der Waals surface area contributed by atoms with Crippen molar-refractivity contribution in [2.24, 2.45) is 0 Å². The van der Waals surface area contributed by atoms with Crippen molar-refractivity contribution < 1.29 is 19.0 Å². The molecule has 1 N–H and O–H groups in total. The van der Waals surface area contributed by atoms with E-state index >= 15 is 0 Å². The third kappa shape index (κ3) is 3.91. The minimum absolute atomic E-state index is 0.200. The molecule has 1 rings (SSSR count). The molecule has 1 aromatic rings. The summed E-state index contributed by atoms with van der Waals surface area (Å²) in [5.74, 6) is 1.28. The Morgan fingerprint density at radius 2 is 1.58 bits per heavy atom. The van der Waals surface area contributed by atoms with Crippen molar-refractivity contribution in [3.05, 3.63) is 23.8 Å². The van der Waals surface area contributed by atoms with Crippen molar-refractivity contribution in [1.82, 2.24) is 0 Å². The van der Waals surface area contributed by atoms with E-state index in [1.165, 1.54) is 27.4 Å². The first-order valence-electron chi connectivity index (χ1n) is 5.77. The van der Waals surface area contributed by atoms with Crippen LogP contribution >= 0.6 is 0 Å². The molecular formula is C14H19NO4. The fourth-order valence-corrected chi connectivity index (χ4v) is 1.59. The van der Waals surface area contributed by atoms with Crippen LogP contribution in [0.4, 0.5) is 5.69 Å². The van der Waals surface area contributed by atoms with Crippen molar-refractivity contribution in [2.75, 3.05) is 26.6 Å². The first-order chi connectivity index (χ1) is 9.01. The maximum Gasteiger partial charge on any atom is 0.248 e. The number of amides is 1. The van der Waals surface area contributed by atoms with E-state index < -0.39 is 0 Å². The van der Waals surface area contributed by atoms with E-state index in [-0.39, 0.29) is 5.91 Å². The van der Waals surface area contributed by atoms with Crippen LogP contribution in [-0.2, 0) is 4.79 Å². The van der Waals surface area contributed by atoms with Crippen molar-refractivity contribution in [3.8, 4) is 17.2 Å². The van der Waals surface area contributed by atoms with E-state index in [1.54, 1.807) is 12.1 Å². The predicted octanol–water partition coefficient (Wildman–Crippen LogP) is 2.62. The van der Waals surface area contributed by atoms with E-state index in [9.17, 15) is 4.79 Å². The van der Waals surface area contributed by atoms with Crippen LogP contribution in [0.15, 0.2) is 23.8 Å². The molecule has 0 radical (unpaired) electrons. The summed E-state index contributed by atoms with van der Waals surface area (Å²) in [6, 6.07) is 3.36. The largest absolute Gasteiger partial charge is 0.493 e. The Hall–Kier alpha value is -2.17. The average molecular weight is 265 g/mol. The third-order valence-electron chi connectivity index (χ3n) is 2.35. The van der Waals surface area contributed by atoms with Gasteiger partial charge in [0.05, 0.1) is 21.3 Å². The molecule has 0 saturated heterocycles. The zero-order valence-electron chi connectivity index (χ0n) is 11.9. The highest BCUT2D eigenvalue weighted by atomic mass is 16.5. The lowest BCUT2D eigenvalue weighted by Crippen LogP contribution is -2.09. The van der Waals surface area contributed by atoms with Crippen LogP contribution in [0, 0.1) is 0 Å². The minimum Gasteiger partial charge on any atom is -0.493 e. The third-order valence-corrected chi connectivity index (χ3v) is 2.35. The van der Waals surface area contributed by atoms with Crippen LogP contribution in [-0.4, -0.2) is 27.2 Å². The van der Waals surface area contributed by atoms with Crippen LogP contribution < -0.4 is 19.5 Å². The summed E-state index contributed by atoms with van der Waals surface area (Å²) in [5.41, 5.74) is 1.50. The Morgan fingerprint density at radius 3 is 1.95 bits per heavy atom. The van der Waals surface area contributed by atoms with Gasteiger partial charge in [0, 0.05) is 23.9 Å². The normalized spacial score (nSPS) is 9.53. The highest BCUT2D eigenvalue weighted by Crippen LogP contribution is 2.39. The number of ether oxygens (including phenoxy) is 3. The zero-order valence-corrected chi connectivity index (χ0v) is 11.9. The Balaban J connectivity index is 3.09. The molecule has 0 heterocycles. The molecule has 0 fully saturated rings. The highest BCUT2D eigenvalue weighted by molar-refractivity contribution is 6.00. The van der Waals surface area contributed by atoms with Gasteiger partial charge in [0.1, 0.15) is 0 Å². The second kappa shape index (κ2) is 6.68. The maximum atomic E-state index is 11.7. The Morgan fingerprint density at radius 1 is 1.05 bits per heavy atom. The summed E-state index contributed by atoms with van der Waals surface area (Å²) in [6.07, 6.45) is 1.52. The van der Waals surface area contributed by atoms with Gasteiger partial charge in [-0.1, -0.05) is 5.57 Å². The van der Waals surface area contributed by atoms with Crippen molar-refractivity contribution in [2.45, 2.75) is 13.8 Å². The summed E-state index contributed by atoms with van der Waals surface area (Å²) < 4.78 is 15.6. The summed E-state index contributed by atoms with van der Waals surface area (Å²) in [4.78, 5) is 11.7. The van der Waals surface area contributed by atoms with Gasteiger partial charge < -0.3 is 19.5 Å². The number of anilines is 1. The van der Waals surface area contributed by atoms with Gasteiger partial charge in [0.25, 0.3) is 0 Å². The molecule has 5 heteroatoms. The number of hydrogen-bond donors (Lipinski definition) is 1. The number of nitrogens with one attached hydrogen (secondary N) is 1. The molecule has 0 unspecified atom stereocenters. The number of rotatable bonds is 5. The van der Waals surface area contributed by atoms with Crippen LogP contribution in [0.5, 0.6) is 17.2 Å². The van der Waals surface area contributed by atoms with E-state index in [0.717, 1.165) is 5.57 Å². The number of methoxy groups -OCH3 is 3. The van der Waals surface area contributed by atoms with E-state index in [0.29, 0.717) is 22.9 Å². The molecule has 104 valence electrons. The van der Waals surface area contributed by atoms with Crippen molar-refractivity contribution in [3.63, 3.8) is 0 Å². The maximum absolute atomic E-state index is 11.7. The van der Waals surface area contributed by atoms with Crippen LogP contribution in [0.25, 0.3) is 0 Å². The van der Waals surface area contributed by atoms with Gasteiger partial charge in [-0.2, -0.15) is 0 Å². The summed E-state index contributed by atoms with van der Waals surface area (Å²) in [5, 5.41) is 2.74. The number of carbonyl (C=O) groups excluding carboxylic acids is 1. The molecule has 0 aromatic heterocycles. The molecular weight excluding hydrogens is 246 g/mol. The molecule has 0 bridgehead atoms. The minimum atomic E-state index is -0.200. The summed E-state index contributed by atoms with van der Waals surface area (Å²) in [7, 11) is 4.58. The quantitative estimate of drug-likeness (QED) is 0.831. The van der Waals surface area contributed by atoms with Gasteiger partial charge in [0.15, 0.2) is 11.5 Å². The average Bonchev–Trinajstić information content (AvgIpc) is 2.36. The Bertz CT molecular complexity index is 465. The SMILES string of the molecule is COc1cc(NC(=O)C=C(C)C)cc(OC)c1OC. The molecule has 1 amide bonds. The highest BCUT2D eigenvalue weighted by Gasteiger charge is 2.13. The van der Waals surface area contributed by atoms with Gasteiger partial charge in [0.2, 0.25) is 11.7 Å². The molecule has 5 nitrogen and oxygen atoms in total. The Labute approximate surface area is 113 Å². The molecule has 0 saturated carbocycles. The van der Waals surface area contributed by atoms with Crippen molar-refractivity contribution >= 4 is 11.6 Å². The lowest BCUT2D eigenvalue weighted by molar-refractivity contribution is -0.111. The first kappa shape index (κ1) is 14.9. The molecule has 0 spiro atoms. The molecule has 0 aliphatic carbocycles. The molecule has 19 heavy (non-hydrogen) atoms. The van der Waals surface area contributed by atoms with Crippen LogP contribution in [0.2, 0.25) is 0 Å². The standard InChI is InChI=1S/C14H19NO4/c1-9(2)6-13(16)15-10-7-11(17-3)14(19-5)12(8-10)18-4/h6-8H,1-5H3,(H,15,16). The van der Waals surface area contributed by atoms with E-state index in [1.807, 2.05) is 13.8 Å². The van der Waals surface area contributed by atoms with Gasteiger partial charge in [-0.15, -0.1) is 0 Å². The van der Waals surface area contributed by atoms with Gasteiger partial charge in [-0.3, -0.25) is 4.79 Å². The Kier molecular flexibility index (Phi) is 5.23. The zero-order chi connectivity index (χ0) is 14.4. The summed E-state index contributed by atoms with van der Waals surface area (Å²) >= 11 is 0. The van der Waals surface area contributed by atoms with Gasteiger partial charge in [-0.25, -0.2) is 0 Å². The molecule has 0 aliphatic heterocycles. The monoisotopic (exact) mass is 265 g/mol. The first-order valence-corrected chi connectivity index (χ1v) is 5.77. The second-order valence-electron chi connectivity index (χ2n) is 4.12. The topological polar surface area (TPSA) is 56.8 Å².